The third-order valence-corrected chi connectivity index (χ3v) is 3.38. The van der Waals surface area contributed by atoms with Gasteiger partial charge >= 0.3 is 0 Å². The summed E-state index contributed by atoms with van der Waals surface area (Å²) in [6.07, 6.45) is 3.26. The van der Waals surface area contributed by atoms with Gasteiger partial charge in [-0.25, -0.2) is 0 Å². The molecule has 1 aliphatic rings. The number of hydrogen-bond acceptors (Lipinski definition) is 2. The Balaban J connectivity index is 2.50. The van der Waals surface area contributed by atoms with Crippen LogP contribution in [0.1, 0.15) is 47.0 Å². The number of piperazine rings is 1. The molecule has 1 N–H and O–H groups in total. The van der Waals surface area contributed by atoms with Gasteiger partial charge in [-0.1, -0.05) is 26.7 Å². The van der Waals surface area contributed by atoms with Crippen LogP contribution in [-0.2, 0) is 9.59 Å². The predicted octanol–water partition coefficient (Wildman–Crippen LogP) is 1.55. The van der Waals surface area contributed by atoms with Crippen molar-refractivity contribution in [2.75, 3.05) is 6.54 Å². The Bertz CT molecular complexity index is 289. The maximum atomic E-state index is 11.8. The summed E-state index contributed by atoms with van der Waals surface area (Å²) >= 11 is 0. The molecule has 0 aromatic rings. The molecule has 0 spiro atoms. The number of carbonyl (C=O) groups is 2. The van der Waals surface area contributed by atoms with Crippen LogP contribution in [0.25, 0.3) is 0 Å². The number of amides is 2. The average molecular weight is 240 g/mol. The van der Waals surface area contributed by atoms with Gasteiger partial charge < -0.3 is 10.2 Å². The summed E-state index contributed by atoms with van der Waals surface area (Å²) in [5.41, 5.74) is 0. The topological polar surface area (TPSA) is 49.4 Å². The second-order valence-electron chi connectivity index (χ2n) is 5.37. The van der Waals surface area contributed by atoms with Gasteiger partial charge in [0.15, 0.2) is 0 Å². The van der Waals surface area contributed by atoms with Crippen molar-refractivity contribution in [3.8, 4) is 0 Å². The number of rotatable bonds is 5. The molecule has 2 unspecified atom stereocenters. The summed E-state index contributed by atoms with van der Waals surface area (Å²) in [5.74, 6) is 0.689. The van der Waals surface area contributed by atoms with Crippen molar-refractivity contribution in [2.24, 2.45) is 5.92 Å². The van der Waals surface area contributed by atoms with Gasteiger partial charge in [0.2, 0.25) is 11.8 Å². The third-order valence-electron chi connectivity index (χ3n) is 3.38. The van der Waals surface area contributed by atoms with E-state index in [0.717, 1.165) is 12.8 Å². The van der Waals surface area contributed by atoms with Gasteiger partial charge in [0.05, 0.1) is 6.54 Å². The van der Waals surface area contributed by atoms with Crippen LogP contribution in [0, 0.1) is 5.92 Å². The highest BCUT2D eigenvalue weighted by Gasteiger charge is 2.33. The lowest BCUT2D eigenvalue weighted by atomic mass is 10.0. The smallest absolute Gasteiger partial charge is 0.242 e. The van der Waals surface area contributed by atoms with E-state index >= 15 is 0 Å². The number of hydrogen-bond donors (Lipinski definition) is 1. The Morgan fingerprint density at radius 2 is 1.94 bits per heavy atom. The fourth-order valence-corrected chi connectivity index (χ4v) is 2.33. The zero-order chi connectivity index (χ0) is 13.0. The summed E-state index contributed by atoms with van der Waals surface area (Å²) in [6.45, 7) is 8.38. The van der Waals surface area contributed by atoms with E-state index in [1.165, 1.54) is 6.42 Å². The molecule has 2 amide bonds. The Hall–Kier alpha value is -1.06. The Labute approximate surface area is 104 Å². The fourth-order valence-electron chi connectivity index (χ4n) is 2.33. The second kappa shape index (κ2) is 6.03. The number of carbonyl (C=O) groups excluding carboxylic acids is 2. The first-order valence-corrected chi connectivity index (χ1v) is 6.52. The maximum absolute atomic E-state index is 11.8. The van der Waals surface area contributed by atoms with Gasteiger partial charge in [-0.05, 0) is 26.2 Å². The fraction of sp³-hybridized carbons (Fsp3) is 0.846. The highest BCUT2D eigenvalue weighted by atomic mass is 16.2. The highest BCUT2D eigenvalue weighted by molar-refractivity contribution is 5.94. The lowest BCUT2D eigenvalue weighted by Crippen LogP contribution is -2.59. The van der Waals surface area contributed by atoms with Crippen molar-refractivity contribution < 1.29 is 9.59 Å². The molecule has 0 saturated carbocycles. The van der Waals surface area contributed by atoms with Crippen molar-refractivity contribution in [2.45, 2.75) is 59.0 Å². The normalized spacial score (nSPS) is 22.9. The van der Waals surface area contributed by atoms with E-state index in [9.17, 15) is 9.59 Å². The van der Waals surface area contributed by atoms with Crippen LogP contribution in [0.3, 0.4) is 0 Å². The van der Waals surface area contributed by atoms with Crippen LogP contribution in [-0.4, -0.2) is 35.3 Å². The Morgan fingerprint density at radius 1 is 1.29 bits per heavy atom. The van der Waals surface area contributed by atoms with Crippen LogP contribution in [0.4, 0.5) is 0 Å². The molecule has 98 valence electrons. The first-order valence-electron chi connectivity index (χ1n) is 6.52. The summed E-state index contributed by atoms with van der Waals surface area (Å²) in [4.78, 5) is 25.1. The van der Waals surface area contributed by atoms with Crippen molar-refractivity contribution >= 4 is 11.8 Å². The molecule has 0 bridgehead atoms. The predicted molar refractivity (Wildman–Crippen MR) is 67.5 cm³/mol. The molecule has 0 radical (unpaired) electrons. The molecule has 1 saturated heterocycles. The monoisotopic (exact) mass is 240 g/mol. The van der Waals surface area contributed by atoms with Crippen molar-refractivity contribution in [1.82, 2.24) is 10.2 Å². The Kier molecular flexibility index (Phi) is 4.97. The minimum absolute atomic E-state index is 0.0362. The van der Waals surface area contributed by atoms with E-state index in [2.05, 4.69) is 19.2 Å². The quantitative estimate of drug-likeness (QED) is 0.792. The highest BCUT2D eigenvalue weighted by Crippen LogP contribution is 2.16. The third kappa shape index (κ3) is 3.72. The van der Waals surface area contributed by atoms with Crippen molar-refractivity contribution in [3.05, 3.63) is 0 Å². The molecule has 0 aromatic carbocycles. The molecule has 4 nitrogen and oxygen atoms in total. The minimum Gasteiger partial charge on any atom is -0.345 e. The van der Waals surface area contributed by atoms with Crippen LogP contribution < -0.4 is 5.32 Å². The van der Waals surface area contributed by atoms with Crippen LogP contribution in [0.2, 0.25) is 0 Å². The first kappa shape index (κ1) is 14.0. The molecule has 0 aliphatic carbocycles. The van der Waals surface area contributed by atoms with Gasteiger partial charge in [0, 0.05) is 6.04 Å². The zero-order valence-electron chi connectivity index (χ0n) is 11.3. The Morgan fingerprint density at radius 3 is 2.53 bits per heavy atom. The van der Waals surface area contributed by atoms with Gasteiger partial charge in [-0.15, -0.1) is 0 Å². The van der Waals surface area contributed by atoms with Gasteiger partial charge in [0.25, 0.3) is 0 Å². The molecule has 0 aromatic heterocycles. The van der Waals surface area contributed by atoms with E-state index in [-0.39, 0.29) is 30.4 Å². The molecule has 1 aliphatic heterocycles. The summed E-state index contributed by atoms with van der Waals surface area (Å²) in [7, 11) is 0. The van der Waals surface area contributed by atoms with Gasteiger partial charge in [-0.3, -0.25) is 9.59 Å². The van der Waals surface area contributed by atoms with Crippen molar-refractivity contribution in [1.29, 1.82) is 0 Å². The largest absolute Gasteiger partial charge is 0.345 e. The molecule has 2 atom stereocenters. The molecule has 17 heavy (non-hydrogen) atoms. The van der Waals surface area contributed by atoms with E-state index in [4.69, 9.17) is 0 Å². The zero-order valence-corrected chi connectivity index (χ0v) is 11.3. The van der Waals surface area contributed by atoms with Crippen LogP contribution in [0.5, 0.6) is 0 Å². The lowest BCUT2D eigenvalue weighted by molar-refractivity contribution is -0.147. The maximum Gasteiger partial charge on any atom is 0.242 e. The molecular weight excluding hydrogens is 216 g/mol. The second-order valence-corrected chi connectivity index (χ2v) is 5.37. The molecule has 4 heteroatoms. The van der Waals surface area contributed by atoms with E-state index in [1.807, 2.05) is 6.92 Å². The number of nitrogens with zero attached hydrogens (tertiary/aromatic N) is 1. The summed E-state index contributed by atoms with van der Waals surface area (Å²) in [5, 5.41) is 2.61. The summed E-state index contributed by atoms with van der Waals surface area (Å²) < 4.78 is 0. The molecule has 1 rings (SSSR count). The lowest BCUT2D eigenvalue weighted by Gasteiger charge is -2.37. The van der Waals surface area contributed by atoms with E-state index in [0.29, 0.717) is 5.92 Å². The average Bonchev–Trinajstić information content (AvgIpc) is 2.23. The molecule has 1 heterocycles. The standard InChI is InChI=1S/C13H24N2O2/c1-9(2)6-5-7-10(3)15-11(4)13(17)14-8-12(15)16/h9-11H,5-8H2,1-4H3,(H,14,17). The van der Waals surface area contributed by atoms with E-state index < -0.39 is 0 Å². The minimum atomic E-state index is -0.328. The van der Waals surface area contributed by atoms with Crippen molar-refractivity contribution in [3.63, 3.8) is 0 Å². The van der Waals surface area contributed by atoms with E-state index in [1.54, 1.807) is 11.8 Å². The number of nitrogens with one attached hydrogen (secondary N) is 1. The van der Waals surface area contributed by atoms with Gasteiger partial charge in [0.1, 0.15) is 6.04 Å². The molecule has 1 fully saturated rings. The van der Waals surface area contributed by atoms with Crippen LogP contribution in [0.15, 0.2) is 0 Å². The SMILES string of the molecule is CC(C)CCCC(C)N1C(=O)CNC(=O)C1C. The molecular formula is C13H24N2O2. The summed E-state index contributed by atoms with van der Waals surface area (Å²) in [6, 6.07) is -0.174. The van der Waals surface area contributed by atoms with Crippen LogP contribution >= 0.6 is 0 Å². The first-order chi connectivity index (χ1) is 7.93. The van der Waals surface area contributed by atoms with Gasteiger partial charge in [-0.2, -0.15) is 0 Å².